The number of Topliss-reactive ketones (excluding diaryl/α,β-unsaturated/α-hetero) is 1. The number of hydrogen-bond acceptors (Lipinski definition) is 5. The molecule has 1 heterocycles. The van der Waals surface area contributed by atoms with Crippen LogP contribution in [0.25, 0.3) is 6.08 Å². The molecule has 6 heteroatoms. The summed E-state index contributed by atoms with van der Waals surface area (Å²) >= 11 is 5.90. The van der Waals surface area contributed by atoms with Gasteiger partial charge in [0.25, 0.3) is 0 Å². The fourth-order valence-corrected chi connectivity index (χ4v) is 2.46. The van der Waals surface area contributed by atoms with Gasteiger partial charge in [-0.05, 0) is 42.0 Å². The van der Waals surface area contributed by atoms with Gasteiger partial charge in [0.05, 0.1) is 12.8 Å². The van der Waals surface area contributed by atoms with Gasteiger partial charge >= 0.3 is 0 Å². The van der Waals surface area contributed by atoms with Crippen molar-refractivity contribution in [2.24, 2.45) is 10.2 Å². The fraction of sp³-hybridized carbons (Fsp3) is 0.111. The summed E-state index contributed by atoms with van der Waals surface area (Å²) in [5.74, 6) is -0.0969. The molecule has 3 rings (SSSR count). The number of carbonyl (C=O) groups excluding carboxylic acids is 2. The maximum atomic E-state index is 12.4. The lowest BCUT2D eigenvalue weighted by Crippen LogP contribution is -2.28. The summed E-state index contributed by atoms with van der Waals surface area (Å²) in [7, 11) is 1.58. The maximum absolute atomic E-state index is 12.4. The standard InChI is InChI=1S/C18H13ClN2O3/c1-24-13-6-2-11(3-7-13)4-9-16(22)17-18(23)14-10-12(19)5-8-15(14)20-21-17/h2-10,17H,1H3/b9-4+. The highest BCUT2D eigenvalue weighted by atomic mass is 35.5. The first kappa shape index (κ1) is 16.1. The third-order valence-electron chi connectivity index (χ3n) is 3.58. The smallest absolute Gasteiger partial charge is 0.199 e. The number of azo groups is 1. The van der Waals surface area contributed by atoms with Crippen molar-refractivity contribution >= 4 is 34.9 Å². The molecular weight excluding hydrogens is 328 g/mol. The Morgan fingerprint density at radius 3 is 2.67 bits per heavy atom. The van der Waals surface area contributed by atoms with Crippen LogP contribution in [0.3, 0.4) is 0 Å². The predicted octanol–water partition coefficient (Wildman–Crippen LogP) is 4.28. The molecule has 5 nitrogen and oxygen atoms in total. The minimum Gasteiger partial charge on any atom is -0.497 e. The van der Waals surface area contributed by atoms with E-state index in [2.05, 4.69) is 10.2 Å². The summed E-state index contributed by atoms with van der Waals surface area (Å²) in [6.45, 7) is 0. The van der Waals surface area contributed by atoms with Crippen LogP contribution in [-0.2, 0) is 4.79 Å². The van der Waals surface area contributed by atoms with Crippen molar-refractivity contribution in [3.63, 3.8) is 0 Å². The predicted molar refractivity (Wildman–Crippen MR) is 91.1 cm³/mol. The van der Waals surface area contributed by atoms with Gasteiger partial charge in [-0.15, -0.1) is 0 Å². The first-order valence-electron chi connectivity index (χ1n) is 7.19. The molecule has 1 atom stereocenters. The van der Waals surface area contributed by atoms with E-state index < -0.39 is 17.6 Å². The average Bonchev–Trinajstić information content (AvgIpc) is 2.61. The van der Waals surface area contributed by atoms with Crippen LogP contribution in [0.15, 0.2) is 58.8 Å². The van der Waals surface area contributed by atoms with Crippen LogP contribution in [0.1, 0.15) is 15.9 Å². The Labute approximate surface area is 143 Å². The summed E-state index contributed by atoms with van der Waals surface area (Å²) in [4.78, 5) is 24.7. The van der Waals surface area contributed by atoms with Gasteiger partial charge < -0.3 is 4.74 Å². The van der Waals surface area contributed by atoms with Gasteiger partial charge in [-0.25, -0.2) is 0 Å². The Morgan fingerprint density at radius 1 is 1.21 bits per heavy atom. The van der Waals surface area contributed by atoms with Gasteiger partial charge in [0, 0.05) is 10.6 Å². The molecular formula is C18H13ClN2O3. The van der Waals surface area contributed by atoms with Crippen LogP contribution in [0, 0.1) is 0 Å². The zero-order valence-corrected chi connectivity index (χ0v) is 13.5. The van der Waals surface area contributed by atoms with Crippen molar-refractivity contribution in [1.29, 1.82) is 0 Å². The first-order chi connectivity index (χ1) is 11.6. The Bertz CT molecular complexity index is 857. The third kappa shape index (κ3) is 3.26. The van der Waals surface area contributed by atoms with Crippen molar-refractivity contribution in [2.45, 2.75) is 6.04 Å². The summed E-state index contributed by atoms with van der Waals surface area (Å²) in [6, 6.07) is 10.8. The summed E-state index contributed by atoms with van der Waals surface area (Å²) in [5, 5.41) is 8.19. The summed E-state index contributed by atoms with van der Waals surface area (Å²) in [6.07, 6.45) is 2.96. The number of halogens is 1. The molecule has 0 amide bonds. The zero-order chi connectivity index (χ0) is 17.1. The molecule has 0 saturated carbocycles. The molecule has 0 fully saturated rings. The van der Waals surface area contributed by atoms with E-state index in [1.165, 1.54) is 12.1 Å². The normalized spacial score (nSPS) is 16.2. The second-order valence-electron chi connectivity index (χ2n) is 5.15. The molecule has 0 spiro atoms. The molecule has 0 saturated heterocycles. The van der Waals surface area contributed by atoms with Crippen LogP contribution in [0.4, 0.5) is 5.69 Å². The highest BCUT2D eigenvalue weighted by molar-refractivity contribution is 6.31. The highest BCUT2D eigenvalue weighted by Gasteiger charge is 2.31. The lowest BCUT2D eigenvalue weighted by atomic mass is 9.98. The highest BCUT2D eigenvalue weighted by Crippen LogP contribution is 2.29. The SMILES string of the molecule is COc1ccc(/C=C/C(=O)C2N=Nc3ccc(Cl)cc3C2=O)cc1. The molecule has 1 unspecified atom stereocenters. The average molecular weight is 341 g/mol. The van der Waals surface area contributed by atoms with Crippen LogP contribution in [0.2, 0.25) is 5.02 Å². The van der Waals surface area contributed by atoms with Gasteiger partial charge in [0.15, 0.2) is 17.6 Å². The van der Waals surface area contributed by atoms with Gasteiger partial charge in [0.2, 0.25) is 0 Å². The fourth-order valence-electron chi connectivity index (χ4n) is 2.28. The third-order valence-corrected chi connectivity index (χ3v) is 3.81. The van der Waals surface area contributed by atoms with Gasteiger partial charge in [-0.2, -0.15) is 10.2 Å². The Hall–Kier alpha value is -2.79. The molecule has 1 aliphatic rings. The topological polar surface area (TPSA) is 68.1 Å². The number of hydrogen-bond donors (Lipinski definition) is 0. The Kier molecular flexibility index (Phi) is 4.53. The van der Waals surface area contributed by atoms with Crippen LogP contribution in [0.5, 0.6) is 5.75 Å². The number of ketones is 2. The number of carbonyl (C=O) groups is 2. The van der Waals surface area contributed by atoms with E-state index in [1.807, 2.05) is 12.1 Å². The molecule has 120 valence electrons. The first-order valence-corrected chi connectivity index (χ1v) is 7.57. The van der Waals surface area contributed by atoms with E-state index in [9.17, 15) is 9.59 Å². The monoisotopic (exact) mass is 340 g/mol. The van der Waals surface area contributed by atoms with E-state index in [0.29, 0.717) is 16.3 Å². The van der Waals surface area contributed by atoms with Crippen molar-refractivity contribution in [1.82, 2.24) is 0 Å². The number of methoxy groups -OCH3 is 1. The minimum absolute atomic E-state index is 0.314. The summed E-state index contributed by atoms with van der Waals surface area (Å²) < 4.78 is 5.07. The lowest BCUT2D eigenvalue weighted by molar-refractivity contribution is -0.114. The second kappa shape index (κ2) is 6.76. The maximum Gasteiger partial charge on any atom is 0.199 e. The van der Waals surface area contributed by atoms with Gasteiger partial charge in [-0.1, -0.05) is 29.8 Å². The Morgan fingerprint density at radius 2 is 1.96 bits per heavy atom. The summed E-state index contributed by atoms with van der Waals surface area (Å²) in [5.41, 5.74) is 1.55. The molecule has 0 radical (unpaired) electrons. The largest absolute Gasteiger partial charge is 0.497 e. The molecule has 2 aromatic carbocycles. The lowest BCUT2D eigenvalue weighted by Gasteiger charge is -2.14. The molecule has 0 aromatic heterocycles. The van der Waals surface area contributed by atoms with Crippen LogP contribution < -0.4 is 4.74 Å². The molecule has 24 heavy (non-hydrogen) atoms. The van der Waals surface area contributed by atoms with Crippen LogP contribution >= 0.6 is 11.6 Å². The number of fused-ring (bicyclic) bond motifs is 1. The number of rotatable bonds is 4. The molecule has 1 aliphatic heterocycles. The Balaban J connectivity index is 1.78. The molecule has 2 aromatic rings. The second-order valence-corrected chi connectivity index (χ2v) is 5.59. The van der Waals surface area contributed by atoms with E-state index in [1.54, 1.807) is 37.5 Å². The molecule has 0 bridgehead atoms. The number of ether oxygens (including phenoxy) is 1. The van der Waals surface area contributed by atoms with E-state index in [-0.39, 0.29) is 0 Å². The van der Waals surface area contributed by atoms with Gasteiger partial charge in [-0.3, -0.25) is 9.59 Å². The van der Waals surface area contributed by atoms with E-state index in [0.717, 1.165) is 11.3 Å². The number of nitrogens with zero attached hydrogens (tertiary/aromatic N) is 2. The minimum atomic E-state index is -1.16. The van der Waals surface area contributed by atoms with Crippen molar-refractivity contribution in [3.8, 4) is 5.75 Å². The molecule has 0 aliphatic carbocycles. The number of benzene rings is 2. The van der Waals surface area contributed by atoms with Crippen molar-refractivity contribution in [2.75, 3.05) is 7.11 Å². The van der Waals surface area contributed by atoms with Crippen LogP contribution in [-0.4, -0.2) is 24.7 Å². The quantitative estimate of drug-likeness (QED) is 0.616. The molecule has 0 N–H and O–H groups in total. The zero-order valence-electron chi connectivity index (χ0n) is 12.8. The van der Waals surface area contributed by atoms with Crippen molar-refractivity contribution in [3.05, 3.63) is 64.7 Å². The van der Waals surface area contributed by atoms with Crippen molar-refractivity contribution < 1.29 is 14.3 Å². The van der Waals surface area contributed by atoms with Gasteiger partial charge in [0.1, 0.15) is 5.75 Å². The van der Waals surface area contributed by atoms with E-state index in [4.69, 9.17) is 16.3 Å². The van der Waals surface area contributed by atoms with E-state index >= 15 is 0 Å².